The van der Waals surface area contributed by atoms with Crippen LogP contribution in [-0.4, -0.2) is 6.54 Å². The molecule has 0 bridgehead atoms. The van der Waals surface area contributed by atoms with Gasteiger partial charge >= 0.3 is 0 Å². The standard InChI is InChI=1S/C10H17N/c1-7-3-4-10-9(5-7)8(2)6-11-10/h4,7-9,11H,3,5-6H2,1-2H3. The van der Waals surface area contributed by atoms with Gasteiger partial charge in [-0.15, -0.1) is 0 Å². The van der Waals surface area contributed by atoms with Gasteiger partial charge in [0.1, 0.15) is 0 Å². The van der Waals surface area contributed by atoms with Gasteiger partial charge in [-0.05, 0) is 24.7 Å². The van der Waals surface area contributed by atoms with Crippen LogP contribution in [-0.2, 0) is 0 Å². The van der Waals surface area contributed by atoms with Crippen LogP contribution >= 0.6 is 0 Å². The average Bonchev–Trinajstić information content (AvgIpc) is 2.33. The van der Waals surface area contributed by atoms with Gasteiger partial charge in [-0.1, -0.05) is 19.9 Å². The molecule has 0 saturated carbocycles. The summed E-state index contributed by atoms with van der Waals surface area (Å²) in [6, 6.07) is 0. The third-order valence-corrected chi connectivity index (χ3v) is 3.11. The highest BCUT2D eigenvalue weighted by Crippen LogP contribution is 2.36. The Morgan fingerprint density at radius 1 is 1.45 bits per heavy atom. The highest BCUT2D eigenvalue weighted by molar-refractivity contribution is 5.14. The number of fused-ring (bicyclic) bond motifs is 1. The second-order valence-corrected chi connectivity index (χ2v) is 4.20. The van der Waals surface area contributed by atoms with E-state index in [2.05, 4.69) is 25.2 Å². The predicted molar refractivity (Wildman–Crippen MR) is 47.1 cm³/mol. The van der Waals surface area contributed by atoms with Gasteiger partial charge in [0.15, 0.2) is 0 Å². The third kappa shape index (κ3) is 1.17. The molecular weight excluding hydrogens is 134 g/mol. The van der Waals surface area contributed by atoms with Crippen LogP contribution in [0.15, 0.2) is 11.8 Å². The Morgan fingerprint density at radius 3 is 3.09 bits per heavy atom. The maximum atomic E-state index is 3.49. The highest BCUT2D eigenvalue weighted by atomic mass is 14.9. The Labute approximate surface area is 68.9 Å². The maximum Gasteiger partial charge on any atom is 0.0176 e. The molecule has 0 amide bonds. The zero-order valence-corrected chi connectivity index (χ0v) is 7.43. The van der Waals surface area contributed by atoms with Gasteiger partial charge in [-0.2, -0.15) is 0 Å². The van der Waals surface area contributed by atoms with Crippen LogP contribution in [0, 0.1) is 17.8 Å². The first kappa shape index (κ1) is 7.20. The smallest absolute Gasteiger partial charge is 0.0176 e. The monoisotopic (exact) mass is 151 g/mol. The van der Waals surface area contributed by atoms with Crippen LogP contribution in [0.2, 0.25) is 0 Å². The molecule has 0 radical (unpaired) electrons. The summed E-state index contributed by atoms with van der Waals surface area (Å²) < 4.78 is 0. The van der Waals surface area contributed by atoms with Crippen LogP contribution in [0.25, 0.3) is 0 Å². The molecule has 1 heterocycles. The van der Waals surface area contributed by atoms with E-state index in [0.717, 1.165) is 17.8 Å². The SMILES string of the molecule is CC1CC=C2NCC(C)C2C1. The number of nitrogens with one attached hydrogen (secondary N) is 1. The van der Waals surface area contributed by atoms with E-state index >= 15 is 0 Å². The molecule has 62 valence electrons. The topological polar surface area (TPSA) is 12.0 Å². The van der Waals surface area contributed by atoms with Crippen molar-refractivity contribution in [3.63, 3.8) is 0 Å². The van der Waals surface area contributed by atoms with Crippen molar-refractivity contribution in [3.8, 4) is 0 Å². The van der Waals surface area contributed by atoms with Gasteiger partial charge in [0, 0.05) is 18.2 Å². The number of rotatable bonds is 0. The van der Waals surface area contributed by atoms with Gasteiger partial charge in [0.2, 0.25) is 0 Å². The fourth-order valence-corrected chi connectivity index (χ4v) is 2.30. The minimum absolute atomic E-state index is 0.860. The normalized spacial score (nSPS) is 42.7. The zero-order valence-electron chi connectivity index (χ0n) is 7.43. The first-order chi connectivity index (χ1) is 5.27. The molecule has 2 rings (SSSR count). The minimum atomic E-state index is 0.860. The zero-order chi connectivity index (χ0) is 7.84. The Morgan fingerprint density at radius 2 is 2.27 bits per heavy atom. The molecule has 0 aromatic heterocycles. The van der Waals surface area contributed by atoms with E-state index in [4.69, 9.17) is 0 Å². The fourth-order valence-electron chi connectivity index (χ4n) is 2.30. The summed E-state index contributed by atoms with van der Waals surface area (Å²) in [5.41, 5.74) is 1.54. The van der Waals surface area contributed by atoms with Gasteiger partial charge in [0.25, 0.3) is 0 Å². The van der Waals surface area contributed by atoms with Gasteiger partial charge in [-0.3, -0.25) is 0 Å². The van der Waals surface area contributed by atoms with Gasteiger partial charge in [-0.25, -0.2) is 0 Å². The molecule has 1 aliphatic heterocycles. The highest BCUT2D eigenvalue weighted by Gasteiger charge is 2.31. The van der Waals surface area contributed by atoms with Crippen LogP contribution in [0.1, 0.15) is 26.7 Å². The summed E-state index contributed by atoms with van der Waals surface area (Å²) in [7, 11) is 0. The van der Waals surface area contributed by atoms with Crippen molar-refractivity contribution in [2.75, 3.05) is 6.54 Å². The minimum Gasteiger partial charge on any atom is -0.388 e. The van der Waals surface area contributed by atoms with Crippen molar-refractivity contribution in [2.24, 2.45) is 17.8 Å². The molecule has 1 saturated heterocycles. The van der Waals surface area contributed by atoms with Crippen molar-refractivity contribution in [1.82, 2.24) is 5.32 Å². The molecule has 1 fully saturated rings. The van der Waals surface area contributed by atoms with Crippen LogP contribution in [0.4, 0.5) is 0 Å². The van der Waals surface area contributed by atoms with Crippen LogP contribution in [0.3, 0.4) is 0 Å². The Bertz CT molecular complexity index is 183. The van der Waals surface area contributed by atoms with Crippen molar-refractivity contribution in [3.05, 3.63) is 11.8 Å². The van der Waals surface area contributed by atoms with Gasteiger partial charge < -0.3 is 5.32 Å². The lowest BCUT2D eigenvalue weighted by Gasteiger charge is -2.24. The molecule has 1 N–H and O–H groups in total. The van der Waals surface area contributed by atoms with Crippen molar-refractivity contribution in [2.45, 2.75) is 26.7 Å². The van der Waals surface area contributed by atoms with E-state index in [9.17, 15) is 0 Å². The lowest BCUT2D eigenvalue weighted by molar-refractivity contribution is 0.358. The number of hydrogen-bond acceptors (Lipinski definition) is 1. The number of hydrogen-bond donors (Lipinski definition) is 1. The largest absolute Gasteiger partial charge is 0.388 e. The molecule has 11 heavy (non-hydrogen) atoms. The lowest BCUT2D eigenvalue weighted by atomic mass is 9.81. The van der Waals surface area contributed by atoms with E-state index in [1.54, 1.807) is 0 Å². The van der Waals surface area contributed by atoms with E-state index < -0.39 is 0 Å². The quantitative estimate of drug-likeness (QED) is 0.559. The van der Waals surface area contributed by atoms with E-state index in [1.807, 2.05) is 0 Å². The molecule has 1 heteroatoms. The summed E-state index contributed by atoms with van der Waals surface area (Å²) in [6.07, 6.45) is 5.09. The van der Waals surface area contributed by atoms with E-state index in [1.165, 1.54) is 25.1 Å². The predicted octanol–water partition coefficient (Wildman–Crippen LogP) is 2.16. The Kier molecular flexibility index (Phi) is 1.67. The van der Waals surface area contributed by atoms with E-state index in [-0.39, 0.29) is 0 Å². The first-order valence-corrected chi connectivity index (χ1v) is 4.71. The molecule has 2 aliphatic rings. The molecule has 3 atom stereocenters. The van der Waals surface area contributed by atoms with Gasteiger partial charge in [0.05, 0.1) is 0 Å². The second kappa shape index (κ2) is 2.54. The maximum absolute atomic E-state index is 3.49. The molecule has 1 nitrogen and oxygen atoms in total. The molecule has 1 aliphatic carbocycles. The van der Waals surface area contributed by atoms with Crippen LogP contribution < -0.4 is 5.32 Å². The summed E-state index contributed by atoms with van der Waals surface area (Å²) in [4.78, 5) is 0. The fraction of sp³-hybridized carbons (Fsp3) is 0.800. The molecule has 0 spiro atoms. The molecule has 0 aromatic carbocycles. The molecular formula is C10H17N. The van der Waals surface area contributed by atoms with Crippen molar-refractivity contribution < 1.29 is 0 Å². The Hall–Kier alpha value is -0.460. The summed E-state index contributed by atoms with van der Waals surface area (Å²) in [6.45, 7) is 5.91. The Balaban J connectivity index is 2.16. The van der Waals surface area contributed by atoms with Crippen LogP contribution in [0.5, 0.6) is 0 Å². The van der Waals surface area contributed by atoms with Crippen molar-refractivity contribution >= 4 is 0 Å². The number of allylic oxidation sites excluding steroid dienone is 2. The van der Waals surface area contributed by atoms with Crippen molar-refractivity contribution in [1.29, 1.82) is 0 Å². The second-order valence-electron chi connectivity index (χ2n) is 4.20. The first-order valence-electron chi connectivity index (χ1n) is 4.71. The van der Waals surface area contributed by atoms with E-state index in [0.29, 0.717) is 0 Å². The third-order valence-electron chi connectivity index (χ3n) is 3.11. The average molecular weight is 151 g/mol. The summed E-state index contributed by atoms with van der Waals surface area (Å²) in [5.74, 6) is 2.63. The molecule has 3 unspecified atom stereocenters. The summed E-state index contributed by atoms with van der Waals surface area (Å²) >= 11 is 0. The lowest BCUT2D eigenvalue weighted by Crippen LogP contribution is -2.16. The summed E-state index contributed by atoms with van der Waals surface area (Å²) in [5, 5.41) is 3.49. The molecule has 0 aromatic rings.